The number of isocyanates is 1. The van der Waals surface area contributed by atoms with Gasteiger partial charge >= 0.3 is 0 Å². The van der Waals surface area contributed by atoms with Crippen LogP contribution in [0, 0.1) is 0 Å². The standard InChI is InChI=1S/C11H10BrNO3/c12-9-4-8(6-13-7-14)5-10-11(9)16-3-1-2-15-10/h4-5H,1-3,6H2. The van der Waals surface area contributed by atoms with E-state index in [4.69, 9.17) is 9.47 Å². The summed E-state index contributed by atoms with van der Waals surface area (Å²) in [4.78, 5) is 13.6. The normalized spacial score (nSPS) is 13.8. The van der Waals surface area contributed by atoms with E-state index >= 15 is 0 Å². The number of rotatable bonds is 2. The molecule has 0 saturated heterocycles. The van der Waals surface area contributed by atoms with Gasteiger partial charge in [-0.3, -0.25) is 0 Å². The molecule has 0 atom stereocenters. The number of nitrogens with zero attached hydrogens (tertiary/aromatic N) is 1. The van der Waals surface area contributed by atoms with Crippen molar-refractivity contribution in [3.63, 3.8) is 0 Å². The first-order valence-corrected chi connectivity index (χ1v) is 5.72. The van der Waals surface area contributed by atoms with Gasteiger partial charge in [0.1, 0.15) is 0 Å². The van der Waals surface area contributed by atoms with Crippen LogP contribution in [0.5, 0.6) is 11.5 Å². The summed E-state index contributed by atoms with van der Waals surface area (Å²) in [5.41, 5.74) is 0.888. The van der Waals surface area contributed by atoms with E-state index in [1.165, 1.54) is 6.08 Å². The largest absolute Gasteiger partial charge is 0.490 e. The van der Waals surface area contributed by atoms with Crippen molar-refractivity contribution in [1.82, 2.24) is 0 Å². The van der Waals surface area contributed by atoms with Gasteiger partial charge in [-0.2, -0.15) is 0 Å². The van der Waals surface area contributed by atoms with Crippen LogP contribution in [-0.4, -0.2) is 19.3 Å². The van der Waals surface area contributed by atoms with Crippen molar-refractivity contribution in [2.24, 2.45) is 4.99 Å². The number of hydrogen-bond acceptors (Lipinski definition) is 4. The molecule has 5 heteroatoms. The lowest BCUT2D eigenvalue weighted by molar-refractivity contribution is 0.296. The summed E-state index contributed by atoms with van der Waals surface area (Å²) in [6.45, 7) is 1.59. The molecule has 0 bridgehead atoms. The third kappa shape index (κ3) is 2.43. The number of ether oxygens (including phenoxy) is 2. The van der Waals surface area contributed by atoms with Crippen molar-refractivity contribution in [1.29, 1.82) is 0 Å². The molecule has 0 amide bonds. The molecule has 0 unspecified atom stereocenters. The molecule has 1 aliphatic heterocycles. The number of fused-ring (bicyclic) bond motifs is 1. The summed E-state index contributed by atoms with van der Waals surface area (Å²) >= 11 is 3.41. The van der Waals surface area contributed by atoms with E-state index in [1.54, 1.807) is 0 Å². The van der Waals surface area contributed by atoms with Gasteiger partial charge in [-0.25, -0.2) is 9.79 Å². The molecular formula is C11H10BrNO3. The quantitative estimate of drug-likeness (QED) is 0.619. The molecule has 0 N–H and O–H groups in total. The molecule has 0 saturated carbocycles. The summed E-state index contributed by atoms with van der Waals surface area (Å²) in [6.07, 6.45) is 2.38. The van der Waals surface area contributed by atoms with Crippen LogP contribution < -0.4 is 9.47 Å². The summed E-state index contributed by atoms with van der Waals surface area (Å²) < 4.78 is 11.9. The third-order valence-corrected chi connectivity index (χ3v) is 2.78. The topological polar surface area (TPSA) is 47.9 Å². The summed E-state index contributed by atoms with van der Waals surface area (Å²) in [5, 5.41) is 0. The number of aliphatic imine (C=N–C) groups is 1. The Kier molecular flexibility index (Phi) is 3.59. The molecule has 1 aromatic carbocycles. The highest BCUT2D eigenvalue weighted by molar-refractivity contribution is 9.10. The third-order valence-electron chi connectivity index (χ3n) is 2.19. The highest BCUT2D eigenvalue weighted by Crippen LogP contribution is 2.38. The Bertz CT molecular complexity index is 441. The molecule has 16 heavy (non-hydrogen) atoms. The Labute approximate surface area is 101 Å². The molecule has 0 spiro atoms. The molecule has 2 rings (SSSR count). The van der Waals surface area contributed by atoms with Gasteiger partial charge in [0, 0.05) is 6.42 Å². The molecule has 1 heterocycles. The van der Waals surface area contributed by atoms with Crippen LogP contribution in [0.15, 0.2) is 21.6 Å². The summed E-state index contributed by atoms with van der Waals surface area (Å²) in [5.74, 6) is 1.42. The van der Waals surface area contributed by atoms with Crippen molar-refractivity contribution < 1.29 is 14.3 Å². The zero-order valence-corrected chi connectivity index (χ0v) is 10.1. The lowest BCUT2D eigenvalue weighted by Gasteiger charge is -2.10. The lowest BCUT2D eigenvalue weighted by atomic mass is 10.2. The van der Waals surface area contributed by atoms with E-state index in [0.29, 0.717) is 25.5 Å². The second-order valence-corrected chi connectivity index (χ2v) is 4.22. The van der Waals surface area contributed by atoms with Crippen LogP contribution in [0.1, 0.15) is 12.0 Å². The van der Waals surface area contributed by atoms with Gasteiger partial charge in [-0.15, -0.1) is 0 Å². The highest BCUT2D eigenvalue weighted by Gasteiger charge is 2.14. The number of hydrogen-bond donors (Lipinski definition) is 0. The average Bonchev–Trinajstić information content (AvgIpc) is 2.51. The summed E-state index contributed by atoms with van der Waals surface area (Å²) in [7, 11) is 0. The lowest BCUT2D eigenvalue weighted by Crippen LogP contribution is -1.97. The minimum Gasteiger partial charge on any atom is -0.490 e. The SMILES string of the molecule is O=C=NCc1cc(Br)c2c(c1)OCCCO2. The van der Waals surface area contributed by atoms with Crippen molar-refractivity contribution in [3.05, 3.63) is 22.2 Å². The Morgan fingerprint density at radius 3 is 3.00 bits per heavy atom. The number of carbonyl (C=O) groups excluding carboxylic acids is 1. The maximum absolute atomic E-state index is 10.0. The monoisotopic (exact) mass is 283 g/mol. The molecule has 0 aromatic heterocycles. The maximum Gasteiger partial charge on any atom is 0.235 e. The zero-order valence-electron chi connectivity index (χ0n) is 8.53. The van der Waals surface area contributed by atoms with Crippen LogP contribution in [0.3, 0.4) is 0 Å². The second-order valence-electron chi connectivity index (χ2n) is 3.36. The van der Waals surface area contributed by atoms with Crippen molar-refractivity contribution in [3.8, 4) is 11.5 Å². The van der Waals surface area contributed by atoms with Crippen LogP contribution in [0.2, 0.25) is 0 Å². The van der Waals surface area contributed by atoms with Gasteiger partial charge in [-0.1, -0.05) is 0 Å². The fourth-order valence-electron chi connectivity index (χ4n) is 1.50. The van der Waals surface area contributed by atoms with Gasteiger partial charge in [0.2, 0.25) is 6.08 Å². The van der Waals surface area contributed by atoms with E-state index in [0.717, 1.165) is 22.2 Å². The number of benzene rings is 1. The van der Waals surface area contributed by atoms with Crippen molar-refractivity contribution in [2.45, 2.75) is 13.0 Å². The minimum atomic E-state index is 0.304. The molecule has 1 aliphatic rings. The van der Waals surface area contributed by atoms with E-state index in [1.807, 2.05) is 12.1 Å². The van der Waals surface area contributed by atoms with E-state index in [9.17, 15) is 4.79 Å². The van der Waals surface area contributed by atoms with Gasteiger partial charge in [0.15, 0.2) is 11.5 Å². The Morgan fingerprint density at radius 1 is 1.38 bits per heavy atom. The predicted molar refractivity (Wildman–Crippen MR) is 61.6 cm³/mol. The fourth-order valence-corrected chi connectivity index (χ4v) is 2.10. The highest BCUT2D eigenvalue weighted by atomic mass is 79.9. The second kappa shape index (κ2) is 5.14. The maximum atomic E-state index is 10.0. The molecule has 84 valence electrons. The van der Waals surface area contributed by atoms with Crippen molar-refractivity contribution >= 4 is 22.0 Å². The smallest absolute Gasteiger partial charge is 0.235 e. The Hall–Kier alpha value is -1.32. The first-order valence-electron chi connectivity index (χ1n) is 4.93. The molecule has 0 aliphatic carbocycles. The van der Waals surface area contributed by atoms with E-state index in [2.05, 4.69) is 20.9 Å². The molecule has 1 aromatic rings. The first-order chi connectivity index (χ1) is 7.81. The van der Waals surface area contributed by atoms with Gasteiger partial charge in [-0.05, 0) is 33.6 Å². The predicted octanol–water partition coefficient (Wildman–Crippen LogP) is 2.45. The number of halogens is 1. The van der Waals surface area contributed by atoms with Crippen LogP contribution in [0.4, 0.5) is 0 Å². The first kappa shape index (κ1) is 11.2. The fraction of sp³-hybridized carbons (Fsp3) is 0.364. The van der Waals surface area contributed by atoms with E-state index < -0.39 is 0 Å². The van der Waals surface area contributed by atoms with Crippen LogP contribution in [0.25, 0.3) is 0 Å². The molecule has 0 fully saturated rings. The molecule has 0 radical (unpaired) electrons. The Morgan fingerprint density at radius 2 is 2.19 bits per heavy atom. The molecule has 4 nitrogen and oxygen atoms in total. The summed E-state index contributed by atoms with van der Waals surface area (Å²) in [6, 6.07) is 3.71. The van der Waals surface area contributed by atoms with Crippen LogP contribution >= 0.6 is 15.9 Å². The van der Waals surface area contributed by atoms with E-state index in [-0.39, 0.29) is 0 Å². The molecular weight excluding hydrogens is 274 g/mol. The van der Waals surface area contributed by atoms with Gasteiger partial charge < -0.3 is 9.47 Å². The van der Waals surface area contributed by atoms with Crippen molar-refractivity contribution in [2.75, 3.05) is 13.2 Å². The Balaban J connectivity index is 2.35. The minimum absolute atomic E-state index is 0.304. The zero-order chi connectivity index (χ0) is 11.4. The van der Waals surface area contributed by atoms with Gasteiger partial charge in [0.25, 0.3) is 0 Å². The van der Waals surface area contributed by atoms with Gasteiger partial charge in [0.05, 0.1) is 24.2 Å². The average molecular weight is 284 g/mol. The van der Waals surface area contributed by atoms with Crippen LogP contribution in [-0.2, 0) is 11.3 Å².